The number of imide groups is 1. The Hall–Kier alpha value is -2.87. The van der Waals surface area contributed by atoms with E-state index in [4.69, 9.17) is 16.3 Å². The first-order chi connectivity index (χ1) is 15.4. The predicted molar refractivity (Wildman–Crippen MR) is 129 cm³/mol. The second-order valence-electron chi connectivity index (χ2n) is 6.84. The van der Waals surface area contributed by atoms with Gasteiger partial charge in [-0.15, -0.1) is 0 Å². The Morgan fingerprint density at radius 2 is 1.75 bits per heavy atom. The lowest BCUT2D eigenvalue weighted by atomic mass is 10.2. The molecule has 0 aliphatic carbocycles. The molecule has 1 fully saturated rings. The average Bonchev–Trinajstić information content (AvgIpc) is 3.04. The normalized spacial score (nSPS) is 14.8. The lowest BCUT2D eigenvalue weighted by Crippen LogP contribution is -2.27. The summed E-state index contributed by atoms with van der Waals surface area (Å²) in [5.41, 5.74) is 1.94. The number of esters is 1. The second-order valence-corrected chi connectivity index (χ2v) is 9.12. The maximum atomic E-state index is 12.7. The zero-order valence-corrected chi connectivity index (χ0v) is 19.6. The summed E-state index contributed by atoms with van der Waals surface area (Å²) in [5.74, 6) is -0.519. The van der Waals surface area contributed by atoms with Crippen LogP contribution in [0.15, 0.2) is 82.2 Å². The fraction of sp³-hybridized carbons (Fsp3) is 0.0417. The molecule has 0 N–H and O–H groups in total. The Morgan fingerprint density at radius 1 is 1.03 bits per heavy atom. The number of hydrogen-bond donors (Lipinski definition) is 0. The summed E-state index contributed by atoms with van der Waals surface area (Å²) in [6.07, 6.45) is 1.64. The molecular formula is C24H15BrClNO4S. The van der Waals surface area contributed by atoms with Crippen LogP contribution in [0.2, 0.25) is 5.02 Å². The minimum atomic E-state index is -0.517. The Kier molecular flexibility index (Phi) is 6.79. The molecule has 2 amide bonds. The number of thioether (sulfide) groups is 1. The van der Waals surface area contributed by atoms with Gasteiger partial charge in [0.25, 0.3) is 11.1 Å². The number of rotatable bonds is 5. The molecule has 1 heterocycles. The standard InChI is InChI=1S/C24H15BrClNO4S/c25-19-12-16(6-11-20(19)31-23(29)17-7-9-18(26)10-8-17)13-21-22(28)27(24(30)32-21)14-15-4-2-1-3-5-15/h1-13H,14H2/b21-13-. The van der Waals surface area contributed by atoms with Crippen LogP contribution in [0.1, 0.15) is 21.5 Å². The summed E-state index contributed by atoms with van der Waals surface area (Å²) < 4.78 is 5.97. The molecule has 1 aliphatic heterocycles. The highest BCUT2D eigenvalue weighted by Gasteiger charge is 2.34. The zero-order chi connectivity index (χ0) is 22.7. The Balaban J connectivity index is 1.48. The highest BCUT2D eigenvalue weighted by Crippen LogP contribution is 2.35. The van der Waals surface area contributed by atoms with E-state index in [2.05, 4.69) is 15.9 Å². The first-order valence-electron chi connectivity index (χ1n) is 9.47. The van der Waals surface area contributed by atoms with Crippen molar-refractivity contribution in [3.05, 3.63) is 104 Å². The van der Waals surface area contributed by atoms with Crippen LogP contribution in [0, 0.1) is 0 Å². The molecule has 0 radical (unpaired) electrons. The van der Waals surface area contributed by atoms with Crippen LogP contribution in [-0.4, -0.2) is 22.0 Å². The van der Waals surface area contributed by atoms with Crippen molar-refractivity contribution in [2.45, 2.75) is 6.54 Å². The molecule has 0 spiro atoms. The van der Waals surface area contributed by atoms with Crippen molar-refractivity contribution in [1.82, 2.24) is 4.90 Å². The third kappa shape index (κ3) is 5.12. The van der Waals surface area contributed by atoms with Gasteiger partial charge in [0.2, 0.25) is 0 Å². The van der Waals surface area contributed by atoms with Crippen LogP contribution in [0.4, 0.5) is 4.79 Å². The van der Waals surface area contributed by atoms with E-state index in [1.54, 1.807) is 48.5 Å². The minimum Gasteiger partial charge on any atom is -0.422 e. The largest absolute Gasteiger partial charge is 0.422 e. The van der Waals surface area contributed by atoms with Crippen LogP contribution in [0.25, 0.3) is 6.08 Å². The first-order valence-corrected chi connectivity index (χ1v) is 11.5. The Labute approximate surface area is 202 Å². The summed E-state index contributed by atoms with van der Waals surface area (Å²) in [4.78, 5) is 38.9. The van der Waals surface area contributed by atoms with Gasteiger partial charge in [-0.2, -0.15) is 0 Å². The van der Waals surface area contributed by atoms with E-state index in [0.717, 1.165) is 17.3 Å². The number of nitrogens with zero attached hydrogens (tertiary/aromatic N) is 1. The maximum absolute atomic E-state index is 12.7. The van der Waals surface area contributed by atoms with Gasteiger partial charge in [-0.25, -0.2) is 4.79 Å². The first kappa shape index (κ1) is 22.3. The Morgan fingerprint density at radius 3 is 2.44 bits per heavy atom. The molecular weight excluding hydrogens is 514 g/mol. The van der Waals surface area contributed by atoms with E-state index in [9.17, 15) is 14.4 Å². The highest BCUT2D eigenvalue weighted by atomic mass is 79.9. The molecule has 1 aliphatic rings. The van der Waals surface area contributed by atoms with Crippen LogP contribution >= 0.6 is 39.3 Å². The van der Waals surface area contributed by atoms with Gasteiger partial charge in [0.1, 0.15) is 5.75 Å². The SMILES string of the molecule is O=C(Oc1ccc(/C=C2\SC(=O)N(Cc3ccccc3)C2=O)cc1Br)c1ccc(Cl)cc1. The van der Waals surface area contributed by atoms with E-state index in [0.29, 0.717) is 31.3 Å². The number of amides is 2. The third-order valence-electron chi connectivity index (χ3n) is 4.59. The van der Waals surface area contributed by atoms with Crippen molar-refractivity contribution in [2.75, 3.05) is 0 Å². The average molecular weight is 529 g/mol. The van der Waals surface area contributed by atoms with Gasteiger partial charge in [-0.05, 0) is 81.3 Å². The van der Waals surface area contributed by atoms with Gasteiger partial charge >= 0.3 is 5.97 Å². The van der Waals surface area contributed by atoms with Gasteiger partial charge < -0.3 is 4.74 Å². The van der Waals surface area contributed by atoms with E-state index in [1.165, 1.54) is 4.90 Å². The molecule has 1 saturated heterocycles. The zero-order valence-electron chi connectivity index (χ0n) is 16.5. The fourth-order valence-electron chi connectivity index (χ4n) is 2.99. The number of hydrogen-bond acceptors (Lipinski definition) is 5. The monoisotopic (exact) mass is 527 g/mol. The van der Waals surface area contributed by atoms with E-state index in [1.807, 2.05) is 30.3 Å². The summed E-state index contributed by atoms with van der Waals surface area (Å²) in [6.45, 7) is 0.228. The minimum absolute atomic E-state index is 0.228. The summed E-state index contributed by atoms with van der Waals surface area (Å²) >= 11 is 10.1. The lowest BCUT2D eigenvalue weighted by molar-refractivity contribution is -0.123. The van der Waals surface area contributed by atoms with Crippen molar-refractivity contribution in [1.29, 1.82) is 0 Å². The summed E-state index contributed by atoms with van der Waals surface area (Å²) in [6, 6.07) is 20.8. The lowest BCUT2D eigenvalue weighted by Gasteiger charge is -2.12. The number of carbonyl (C=O) groups is 3. The van der Waals surface area contributed by atoms with E-state index < -0.39 is 5.97 Å². The van der Waals surface area contributed by atoms with Crippen molar-refractivity contribution >= 4 is 62.5 Å². The number of ether oxygens (including phenoxy) is 1. The molecule has 5 nitrogen and oxygen atoms in total. The van der Waals surface area contributed by atoms with Crippen molar-refractivity contribution in [3.8, 4) is 5.75 Å². The number of carbonyl (C=O) groups excluding carboxylic acids is 3. The third-order valence-corrected chi connectivity index (χ3v) is 6.37. The summed E-state index contributed by atoms with van der Waals surface area (Å²) in [5, 5.41) is 0.220. The maximum Gasteiger partial charge on any atom is 0.343 e. The van der Waals surface area contributed by atoms with E-state index >= 15 is 0 Å². The van der Waals surface area contributed by atoms with Gasteiger partial charge in [0.05, 0.1) is 21.5 Å². The van der Waals surface area contributed by atoms with Crippen molar-refractivity contribution in [3.63, 3.8) is 0 Å². The highest BCUT2D eigenvalue weighted by molar-refractivity contribution is 9.10. The molecule has 3 aromatic carbocycles. The van der Waals surface area contributed by atoms with Crippen LogP contribution < -0.4 is 4.74 Å². The number of halogens is 2. The molecule has 0 aromatic heterocycles. The second kappa shape index (κ2) is 9.73. The molecule has 32 heavy (non-hydrogen) atoms. The smallest absolute Gasteiger partial charge is 0.343 e. The Bertz CT molecular complexity index is 1230. The van der Waals surface area contributed by atoms with E-state index in [-0.39, 0.29) is 17.7 Å². The molecule has 160 valence electrons. The molecule has 0 bridgehead atoms. The quantitative estimate of drug-likeness (QED) is 0.213. The molecule has 3 aromatic rings. The van der Waals surface area contributed by atoms with Gasteiger partial charge in [-0.3, -0.25) is 14.5 Å². The molecule has 0 atom stereocenters. The molecule has 8 heteroatoms. The van der Waals surface area contributed by atoms with Gasteiger partial charge in [-0.1, -0.05) is 48.0 Å². The topological polar surface area (TPSA) is 63.7 Å². The predicted octanol–water partition coefficient (Wildman–Crippen LogP) is 6.56. The number of benzene rings is 3. The molecule has 4 rings (SSSR count). The fourth-order valence-corrected chi connectivity index (χ4v) is 4.43. The van der Waals surface area contributed by atoms with Crippen LogP contribution in [0.3, 0.4) is 0 Å². The summed E-state index contributed by atoms with van der Waals surface area (Å²) in [7, 11) is 0. The van der Waals surface area contributed by atoms with Crippen molar-refractivity contribution in [2.24, 2.45) is 0 Å². The van der Waals surface area contributed by atoms with Gasteiger partial charge in [0.15, 0.2) is 0 Å². The molecule has 0 saturated carbocycles. The molecule has 0 unspecified atom stereocenters. The van der Waals surface area contributed by atoms with Crippen molar-refractivity contribution < 1.29 is 19.1 Å². The van der Waals surface area contributed by atoms with Crippen LogP contribution in [-0.2, 0) is 11.3 Å². The van der Waals surface area contributed by atoms with Crippen LogP contribution in [0.5, 0.6) is 5.75 Å². The van der Waals surface area contributed by atoms with Gasteiger partial charge in [0, 0.05) is 5.02 Å².